The van der Waals surface area contributed by atoms with Gasteiger partial charge in [0, 0.05) is 0 Å². The van der Waals surface area contributed by atoms with E-state index in [-0.39, 0.29) is 12.2 Å². The summed E-state index contributed by atoms with van der Waals surface area (Å²) in [6, 6.07) is 0. The molecule has 0 saturated carbocycles. The maximum Gasteiger partial charge on any atom is 0.109 e. The van der Waals surface area contributed by atoms with E-state index in [4.69, 9.17) is 23.7 Å². The van der Waals surface area contributed by atoms with Crippen LogP contribution >= 0.6 is 0 Å². The van der Waals surface area contributed by atoms with Crippen molar-refractivity contribution in [3.63, 3.8) is 0 Å². The molecule has 0 spiro atoms. The van der Waals surface area contributed by atoms with Gasteiger partial charge in [0.1, 0.15) is 24.4 Å². The van der Waals surface area contributed by atoms with Crippen LogP contribution in [0.1, 0.15) is 0 Å². The summed E-state index contributed by atoms with van der Waals surface area (Å²) in [7, 11) is 0. The molecule has 0 bridgehead atoms. The Morgan fingerprint density at radius 1 is 1.00 bits per heavy atom. The molecule has 0 aromatic rings. The third-order valence-corrected chi connectivity index (χ3v) is 2.66. The largest absolute Gasteiger partial charge is 0.376 e. The zero-order chi connectivity index (χ0) is 10.1. The van der Waals surface area contributed by atoms with Crippen molar-refractivity contribution in [2.45, 2.75) is 24.4 Å². The third-order valence-electron chi connectivity index (χ3n) is 2.66. The quantitative estimate of drug-likeness (QED) is 0.516. The lowest BCUT2D eigenvalue weighted by atomic mass is 10.3. The normalized spacial score (nSPS) is 38.8. The molecule has 3 aliphatic heterocycles. The maximum atomic E-state index is 5.68. The Labute approximate surface area is 88.6 Å². The van der Waals surface area contributed by atoms with Gasteiger partial charge in [0.05, 0.1) is 39.6 Å². The minimum Gasteiger partial charge on any atom is -0.376 e. The first-order chi connectivity index (χ1) is 7.42. The molecule has 0 aliphatic carbocycles. The average molecular weight is 216 g/mol. The first-order valence-electron chi connectivity index (χ1n) is 5.46. The van der Waals surface area contributed by atoms with Crippen LogP contribution in [-0.4, -0.2) is 64.1 Å². The SMILES string of the molecule is C(OCC(OCC1CO1)C1CO1)C1CO1. The lowest BCUT2D eigenvalue weighted by molar-refractivity contribution is -0.0362. The molecule has 3 heterocycles. The predicted molar refractivity (Wildman–Crippen MR) is 49.8 cm³/mol. The average Bonchev–Trinajstić information content (AvgIpc) is 3.12. The number of hydrogen-bond acceptors (Lipinski definition) is 5. The van der Waals surface area contributed by atoms with Crippen LogP contribution in [0, 0.1) is 0 Å². The van der Waals surface area contributed by atoms with Gasteiger partial charge in [-0.15, -0.1) is 0 Å². The van der Waals surface area contributed by atoms with Crippen molar-refractivity contribution in [1.82, 2.24) is 0 Å². The first kappa shape index (κ1) is 9.99. The highest BCUT2D eigenvalue weighted by molar-refractivity contribution is 4.81. The fourth-order valence-electron chi connectivity index (χ4n) is 1.41. The van der Waals surface area contributed by atoms with Crippen LogP contribution < -0.4 is 0 Å². The van der Waals surface area contributed by atoms with Gasteiger partial charge in [0.2, 0.25) is 0 Å². The van der Waals surface area contributed by atoms with Crippen LogP contribution in [0.4, 0.5) is 0 Å². The van der Waals surface area contributed by atoms with Crippen LogP contribution in [0.15, 0.2) is 0 Å². The van der Waals surface area contributed by atoms with Gasteiger partial charge in [-0.2, -0.15) is 0 Å². The molecule has 15 heavy (non-hydrogen) atoms. The highest BCUT2D eigenvalue weighted by atomic mass is 16.6. The molecule has 0 aromatic carbocycles. The van der Waals surface area contributed by atoms with Crippen molar-refractivity contribution in [3.05, 3.63) is 0 Å². The summed E-state index contributed by atoms with van der Waals surface area (Å²) in [6.07, 6.45) is 0.910. The van der Waals surface area contributed by atoms with E-state index in [0.717, 1.165) is 19.8 Å². The monoisotopic (exact) mass is 216 g/mol. The molecule has 0 N–H and O–H groups in total. The summed E-state index contributed by atoms with van der Waals surface area (Å²) in [5.41, 5.74) is 0. The Hall–Kier alpha value is -0.200. The second kappa shape index (κ2) is 4.35. The van der Waals surface area contributed by atoms with E-state index >= 15 is 0 Å². The van der Waals surface area contributed by atoms with E-state index in [9.17, 15) is 0 Å². The van der Waals surface area contributed by atoms with Crippen molar-refractivity contribution in [3.8, 4) is 0 Å². The summed E-state index contributed by atoms with van der Waals surface area (Å²) in [4.78, 5) is 0. The van der Waals surface area contributed by atoms with E-state index < -0.39 is 0 Å². The van der Waals surface area contributed by atoms with Crippen molar-refractivity contribution < 1.29 is 23.7 Å². The third kappa shape index (κ3) is 3.39. The van der Waals surface area contributed by atoms with Gasteiger partial charge in [0.15, 0.2) is 0 Å². The topological polar surface area (TPSA) is 56.1 Å². The molecule has 3 fully saturated rings. The minimum atomic E-state index is 0.0629. The van der Waals surface area contributed by atoms with Gasteiger partial charge >= 0.3 is 0 Å². The van der Waals surface area contributed by atoms with Crippen molar-refractivity contribution in [2.75, 3.05) is 39.6 Å². The lowest BCUT2D eigenvalue weighted by Crippen LogP contribution is -2.28. The number of hydrogen-bond donors (Lipinski definition) is 0. The molecule has 3 saturated heterocycles. The van der Waals surface area contributed by atoms with Gasteiger partial charge in [-0.3, -0.25) is 0 Å². The molecule has 0 aromatic heterocycles. The van der Waals surface area contributed by atoms with Gasteiger partial charge in [-0.05, 0) is 0 Å². The number of epoxide rings is 3. The fraction of sp³-hybridized carbons (Fsp3) is 1.00. The summed E-state index contributed by atoms with van der Waals surface area (Å²) < 4.78 is 26.5. The summed E-state index contributed by atoms with van der Waals surface area (Å²) in [5.74, 6) is 0. The molecule has 3 rings (SSSR count). The van der Waals surface area contributed by atoms with Gasteiger partial charge in [-0.25, -0.2) is 0 Å². The Morgan fingerprint density at radius 3 is 2.27 bits per heavy atom. The van der Waals surface area contributed by atoms with Gasteiger partial charge < -0.3 is 23.7 Å². The molecule has 0 amide bonds. The summed E-state index contributed by atoms with van der Waals surface area (Å²) in [5, 5.41) is 0. The van der Waals surface area contributed by atoms with Gasteiger partial charge in [-0.1, -0.05) is 0 Å². The predicted octanol–water partition coefficient (Wildman–Crippen LogP) is -0.415. The molecule has 5 heteroatoms. The smallest absolute Gasteiger partial charge is 0.109 e. The molecule has 5 nitrogen and oxygen atoms in total. The van der Waals surface area contributed by atoms with Crippen molar-refractivity contribution >= 4 is 0 Å². The van der Waals surface area contributed by atoms with E-state index in [1.807, 2.05) is 0 Å². The summed E-state index contributed by atoms with van der Waals surface area (Å²) in [6.45, 7) is 4.38. The molecular weight excluding hydrogens is 200 g/mol. The molecule has 4 unspecified atom stereocenters. The first-order valence-corrected chi connectivity index (χ1v) is 5.46. The Bertz CT molecular complexity index is 210. The maximum absolute atomic E-state index is 5.68. The van der Waals surface area contributed by atoms with E-state index in [1.165, 1.54) is 0 Å². The zero-order valence-corrected chi connectivity index (χ0v) is 8.59. The van der Waals surface area contributed by atoms with Crippen LogP contribution in [0.25, 0.3) is 0 Å². The van der Waals surface area contributed by atoms with Gasteiger partial charge in [0.25, 0.3) is 0 Å². The van der Waals surface area contributed by atoms with Crippen LogP contribution in [-0.2, 0) is 23.7 Å². The lowest BCUT2D eigenvalue weighted by Gasteiger charge is -2.14. The molecule has 0 radical (unpaired) electrons. The Kier molecular flexibility index (Phi) is 2.90. The van der Waals surface area contributed by atoms with Crippen molar-refractivity contribution in [2.24, 2.45) is 0 Å². The molecule has 86 valence electrons. The number of rotatable bonds is 8. The Balaban J connectivity index is 1.32. The molecular formula is C10H16O5. The second-order valence-corrected chi connectivity index (χ2v) is 4.19. The van der Waals surface area contributed by atoms with E-state index in [2.05, 4.69) is 0 Å². The van der Waals surface area contributed by atoms with Crippen LogP contribution in [0.2, 0.25) is 0 Å². The number of ether oxygens (including phenoxy) is 5. The van der Waals surface area contributed by atoms with E-state index in [0.29, 0.717) is 32.0 Å². The summed E-state index contributed by atoms with van der Waals surface area (Å²) >= 11 is 0. The van der Waals surface area contributed by atoms with Crippen LogP contribution in [0.5, 0.6) is 0 Å². The fourth-order valence-corrected chi connectivity index (χ4v) is 1.41. The molecule has 3 aliphatic rings. The Morgan fingerprint density at radius 2 is 1.67 bits per heavy atom. The zero-order valence-electron chi connectivity index (χ0n) is 8.59. The highest BCUT2D eigenvalue weighted by Crippen LogP contribution is 2.20. The molecule has 4 atom stereocenters. The highest BCUT2D eigenvalue weighted by Gasteiger charge is 2.36. The standard InChI is InChI=1S/C10H16O5/c1(7-2-12-7)11-5-9(10-6-15-10)14-4-8-3-13-8/h7-10H,1-6H2. The van der Waals surface area contributed by atoms with Crippen LogP contribution in [0.3, 0.4) is 0 Å². The minimum absolute atomic E-state index is 0.0629. The second-order valence-electron chi connectivity index (χ2n) is 4.19. The van der Waals surface area contributed by atoms with E-state index in [1.54, 1.807) is 0 Å². The van der Waals surface area contributed by atoms with Crippen molar-refractivity contribution in [1.29, 1.82) is 0 Å².